The third kappa shape index (κ3) is 4.44. The van der Waals surface area contributed by atoms with E-state index in [2.05, 4.69) is 46.4 Å². The van der Waals surface area contributed by atoms with Crippen molar-refractivity contribution in [2.24, 2.45) is 23.2 Å². The molecule has 0 amide bonds. The number of hydrogen-bond acceptors (Lipinski definition) is 4. The van der Waals surface area contributed by atoms with Crippen LogP contribution in [0.25, 0.3) is 0 Å². The molecule has 0 heterocycles. The Hall–Kier alpha value is -1.20. The summed E-state index contributed by atoms with van der Waals surface area (Å²) >= 11 is 0. The van der Waals surface area contributed by atoms with Gasteiger partial charge in [-0.2, -0.15) is 0 Å². The van der Waals surface area contributed by atoms with Crippen LogP contribution < -0.4 is 0 Å². The molecular formula is C28H44O4. The predicted octanol–water partition coefficient (Wildman–Crippen LogP) is 4.84. The Balaban J connectivity index is 1.88. The molecule has 7 atom stereocenters. The molecule has 3 fully saturated rings. The van der Waals surface area contributed by atoms with E-state index in [1.165, 1.54) is 5.57 Å². The van der Waals surface area contributed by atoms with E-state index in [9.17, 15) is 20.4 Å². The van der Waals surface area contributed by atoms with Gasteiger partial charge in [-0.1, -0.05) is 64.2 Å². The molecule has 3 saturated carbocycles. The van der Waals surface area contributed by atoms with E-state index in [1.807, 2.05) is 12.2 Å². The first kappa shape index (κ1) is 25.4. The lowest BCUT2D eigenvalue weighted by Crippen LogP contribution is -2.60. The maximum absolute atomic E-state index is 11.9. The molecule has 4 nitrogen and oxygen atoms in total. The minimum atomic E-state index is -1.30. The van der Waals surface area contributed by atoms with Crippen molar-refractivity contribution in [3.8, 4) is 0 Å². The number of hydrogen-bond donors (Lipinski definition) is 4. The van der Waals surface area contributed by atoms with Gasteiger partial charge >= 0.3 is 0 Å². The van der Waals surface area contributed by atoms with Crippen LogP contribution in [-0.2, 0) is 0 Å². The Bertz CT molecular complexity index is 804. The van der Waals surface area contributed by atoms with Crippen molar-refractivity contribution in [2.75, 3.05) is 0 Å². The van der Waals surface area contributed by atoms with Gasteiger partial charge in [-0.05, 0) is 74.3 Å². The molecule has 3 aliphatic rings. The Morgan fingerprint density at radius 2 is 1.84 bits per heavy atom. The van der Waals surface area contributed by atoms with Crippen LogP contribution in [0.15, 0.2) is 47.6 Å². The highest BCUT2D eigenvalue weighted by Gasteiger charge is 2.64. The van der Waals surface area contributed by atoms with Crippen LogP contribution in [0.4, 0.5) is 0 Å². The zero-order chi connectivity index (χ0) is 23.9. The number of fused-ring (bicyclic) bond motifs is 1. The summed E-state index contributed by atoms with van der Waals surface area (Å²) in [5.41, 5.74) is -0.00651. The highest BCUT2D eigenvalue weighted by molar-refractivity contribution is 5.39. The van der Waals surface area contributed by atoms with E-state index < -0.39 is 28.8 Å². The van der Waals surface area contributed by atoms with Crippen LogP contribution >= 0.6 is 0 Å². The summed E-state index contributed by atoms with van der Waals surface area (Å²) in [5, 5.41) is 43.6. The first-order valence-electron chi connectivity index (χ1n) is 12.4. The molecule has 180 valence electrons. The van der Waals surface area contributed by atoms with E-state index in [1.54, 1.807) is 6.92 Å². The summed E-state index contributed by atoms with van der Waals surface area (Å²) in [6.07, 6.45) is 11.9. The largest absolute Gasteiger partial charge is 0.393 e. The van der Waals surface area contributed by atoms with Crippen molar-refractivity contribution >= 4 is 0 Å². The normalized spacial score (nSPS) is 41.4. The summed E-state index contributed by atoms with van der Waals surface area (Å²) < 4.78 is 0. The third-order valence-electron chi connectivity index (χ3n) is 9.00. The zero-order valence-electron chi connectivity index (χ0n) is 20.6. The fourth-order valence-electron chi connectivity index (χ4n) is 6.25. The van der Waals surface area contributed by atoms with Crippen LogP contribution in [-0.4, -0.2) is 43.8 Å². The van der Waals surface area contributed by atoms with Gasteiger partial charge < -0.3 is 20.4 Å². The summed E-state index contributed by atoms with van der Waals surface area (Å²) in [6.45, 7) is 14.4. The summed E-state index contributed by atoms with van der Waals surface area (Å²) in [7, 11) is 0. The lowest BCUT2D eigenvalue weighted by atomic mass is 9.57. The van der Waals surface area contributed by atoms with E-state index in [-0.39, 0.29) is 5.92 Å². The van der Waals surface area contributed by atoms with Gasteiger partial charge in [0.05, 0.1) is 12.2 Å². The van der Waals surface area contributed by atoms with Crippen molar-refractivity contribution in [2.45, 2.75) is 103 Å². The Morgan fingerprint density at radius 1 is 1.16 bits per heavy atom. The second-order valence-corrected chi connectivity index (χ2v) is 11.4. The fourth-order valence-corrected chi connectivity index (χ4v) is 6.25. The van der Waals surface area contributed by atoms with E-state index >= 15 is 0 Å². The van der Waals surface area contributed by atoms with Gasteiger partial charge in [-0.15, -0.1) is 0 Å². The van der Waals surface area contributed by atoms with Gasteiger partial charge in [0.15, 0.2) is 0 Å². The molecule has 32 heavy (non-hydrogen) atoms. The average molecular weight is 445 g/mol. The fraction of sp³-hybridized carbons (Fsp3) is 0.714. The van der Waals surface area contributed by atoms with Crippen molar-refractivity contribution in [3.63, 3.8) is 0 Å². The molecule has 4 heteroatoms. The second kappa shape index (κ2) is 9.21. The van der Waals surface area contributed by atoms with Crippen LogP contribution in [0, 0.1) is 23.2 Å². The van der Waals surface area contributed by atoms with E-state index in [0.29, 0.717) is 36.7 Å². The van der Waals surface area contributed by atoms with Crippen LogP contribution in [0.1, 0.15) is 79.6 Å². The van der Waals surface area contributed by atoms with Crippen molar-refractivity contribution in [1.29, 1.82) is 0 Å². The van der Waals surface area contributed by atoms with Gasteiger partial charge in [-0.25, -0.2) is 0 Å². The topological polar surface area (TPSA) is 80.9 Å². The molecule has 3 aliphatic carbocycles. The average Bonchev–Trinajstić information content (AvgIpc) is 3.00. The molecule has 4 N–H and O–H groups in total. The molecule has 0 aromatic carbocycles. The SMILES string of the molecule is C=C1/C(=C\C=C2/CCC[C@@]3(C)[C@H]2CC[C@]3(O)[C@@](C)(O)/C=C/[C@H](C)C(C)C)C[C@@H](O)C[C@@H]1O. The standard InChI is InChI=1S/C28H44O4/c1-18(2)19(3)11-14-27(6,31)28(32)15-12-24-21(8-7-13-26(24,28)5)9-10-22-16-23(29)17-25(30)20(22)4/h9-11,14,18-19,23-25,29-32H,4,7-8,12-13,15-17H2,1-3,5-6H3/b14-11+,21-9+,22-10-/t19-,23+,24-,25-,26-,27-,28+/m0/s1. The molecule has 0 bridgehead atoms. The number of allylic oxidation sites excluding steroid dienone is 4. The summed E-state index contributed by atoms with van der Waals surface area (Å²) in [5.74, 6) is 1.01. The molecule has 0 aromatic heterocycles. The molecule has 0 radical (unpaired) electrons. The van der Waals surface area contributed by atoms with Gasteiger partial charge in [0.25, 0.3) is 0 Å². The number of aliphatic hydroxyl groups excluding tert-OH is 2. The quantitative estimate of drug-likeness (QED) is 0.457. The van der Waals surface area contributed by atoms with Gasteiger partial charge in [0.2, 0.25) is 0 Å². The van der Waals surface area contributed by atoms with Crippen LogP contribution in [0.3, 0.4) is 0 Å². The van der Waals surface area contributed by atoms with Crippen molar-refractivity contribution < 1.29 is 20.4 Å². The minimum absolute atomic E-state index is 0.201. The van der Waals surface area contributed by atoms with Crippen LogP contribution in [0.2, 0.25) is 0 Å². The lowest BCUT2D eigenvalue weighted by Gasteiger charge is -2.52. The Morgan fingerprint density at radius 3 is 2.50 bits per heavy atom. The summed E-state index contributed by atoms with van der Waals surface area (Å²) in [6, 6.07) is 0. The van der Waals surface area contributed by atoms with Crippen molar-refractivity contribution in [3.05, 3.63) is 47.6 Å². The van der Waals surface area contributed by atoms with Crippen molar-refractivity contribution in [1.82, 2.24) is 0 Å². The molecule has 0 spiro atoms. The molecule has 0 saturated heterocycles. The lowest BCUT2D eigenvalue weighted by molar-refractivity contribution is -0.179. The molecule has 3 rings (SSSR count). The highest BCUT2D eigenvalue weighted by Crippen LogP contribution is 2.62. The molecule has 0 aromatic rings. The second-order valence-electron chi connectivity index (χ2n) is 11.4. The minimum Gasteiger partial charge on any atom is -0.393 e. The molecule has 0 unspecified atom stereocenters. The zero-order valence-corrected chi connectivity index (χ0v) is 20.6. The van der Waals surface area contributed by atoms with Gasteiger partial charge in [0, 0.05) is 11.8 Å². The first-order valence-corrected chi connectivity index (χ1v) is 12.4. The van der Waals surface area contributed by atoms with Crippen LogP contribution in [0.5, 0.6) is 0 Å². The number of rotatable bonds is 5. The smallest absolute Gasteiger partial charge is 0.109 e. The summed E-state index contributed by atoms with van der Waals surface area (Å²) in [4.78, 5) is 0. The predicted molar refractivity (Wildman–Crippen MR) is 130 cm³/mol. The monoisotopic (exact) mass is 444 g/mol. The first-order chi connectivity index (χ1) is 14.8. The van der Waals surface area contributed by atoms with E-state index in [0.717, 1.165) is 31.3 Å². The third-order valence-corrected chi connectivity index (χ3v) is 9.00. The van der Waals surface area contributed by atoms with E-state index in [4.69, 9.17) is 0 Å². The Labute approximate surface area is 194 Å². The maximum Gasteiger partial charge on any atom is 0.109 e. The molecule has 0 aliphatic heterocycles. The van der Waals surface area contributed by atoms with Gasteiger partial charge in [-0.3, -0.25) is 0 Å². The number of aliphatic hydroxyl groups is 4. The van der Waals surface area contributed by atoms with Gasteiger partial charge in [0.1, 0.15) is 11.2 Å². The Kier molecular flexibility index (Phi) is 7.32. The maximum atomic E-state index is 11.9. The molecular weight excluding hydrogens is 400 g/mol. The highest BCUT2D eigenvalue weighted by atomic mass is 16.4.